The molecule has 110 valence electrons. The molecule has 5 nitrogen and oxygen atoms in total. The zero-order chi connectivity index (χ0) is 15.1. The van der Waals surface area contributed by atoms with Crippen molar-refractivity contribution in [2.75, 3.05) is 25.6 Å². The van der Waals surface area contributed by atoms with Crippen molar-refractivity contribution in [1.29, 1.82) is 0 Å². The molecular weight excluding hydrogens is 280 g/mol. The maximum absolute atomic E-state index is 11.8. The lowest BCUT2D eigenvalue weighted by atomic mass is 10.1. The molecule has 20 heavy (non-hydrogen) atoms. The topological polar surface area (TPSA) is 67.4 Å². The Morgan fingerprint density at radius 2 is 1.95 bits per heavy atom. The fourth-order valence-electron chi connectivity index (χ4n) is 1.76. The van der Waals surface area contributed by atoms with Gasteiger partial charge in [-0.1, -0.05) is 17.7 Å². The van der Waals surface area contributed by atoms with Crippen LogP contribution in [0.2, 0.25) is 5.02 Å². The number of carbonyl (C=O) groups excluding carboxylic acids is 2. The van der Waals surface area contributed by atoms with Crippen molar-refractivity contribution in [3.63, 3.8) is 0 Å². The average molecular weight is 299 g/mol. The number of methoxy groups -OCH3 is 1. The molecule has 0 saturated carbocycles. The summed E-state index contributed by atoms with van der Waals surface area (Å²) in [6.45, 7) is 4.57. The average Bonchev–Trinajstić information content (AvgIpc) is 2.34. The Morgan fingerprint density at radius 3 is 2.55 bits per heavy atom. The number of amides is 2. The van der Waals surface area contributed by atoms with Gasteiger partial charge in [0.15, 0.2) is 0 Å². The number of benzene rings is 1. The summed E-state index contributed by atoms with van der Waals surface area (Å²) in [6, 6.07) is 3.68. The predicted molar refractivity (Wildman–Crippen MR) is 79.1 cm³/mol. The summed E-state index contributed by atoms with van der Waals surface area (Å²) < 4.78 is 4.80. The van der Waals surface area contributed by atoms with Crippen LogP contribution in [0.3, 0.4) is 0 Å². The molecule has 6 heteroatoms. The molecule has 1 rings (SSSR count). The Balaban J connectivity index is 2.57. The Hall–Kier alpha value is -1.59. The number of hydrogen-bond donors (Lipinski definition) is 2. The normalized spacial score (nSPS) is 10.2. The maximum Gasteiger partial charge on any atom is 0.233 e. The number of rotatable bonds is 6. The van der Waals surface area contributed by atoms with Crippen molar-refractivity contribution in [3.05, 3.63) is 28.3 Å². The molecule has 0 aliphatic rings. The van der Waals surface area contributed by atoms with Gasteiger partial charge >= 0.3 is 0 Å². The molecule has 0 bridgehead atoms. The molecule has 0 heterocycles. The largest absolute Gasteiger partial charge is 0.383 e. The van der Waals surface area contributed by atoms with Crippen LogP contribution in [0.25, 0.3) is 0 Å². The highest BCUT2D eigenvalue weighted by molar-refractivity contribution is 6.34. The van der Waals surface area contributed by atoms with E-state index in [1.165, 1.54) is 0 Å². The summed E-state index contributed by atoms with van der Waals surface area (Å²) >= 11 is 6.09. The fourth-order valence-corrected chi connectivity index (χ4v) is 2.13. The quantitative estimate of drug-likeness (QED) is 0.624. The van der Waals surface area contributed by atoms with Crippen LogP contribution in [-0.2, 0) is 14.3 Å². The van der Waals surface area contributed by atoms with Gasteiger partial charge in [0, 0.05) is 13.7 Å². The summed E-state index contributed by atoms with van der Waals surface area (Å²) in [4.78, 5) is 23.3. The number of nitrogens with one attached hydrogen (secondary N) is 2. The second kappa shape index (κ2) is 7.87. The fraction of sp³-hybridized carbons (Fsp3) is 0.429. The molecule has 0 saturated heterocycles. The monoisotopic (exact) mass is 298 g/mol. The van der Waals surface area contributed by atoms with Gasteiger partial charge in [-0.2, -0.15) is 0 Å². The van der Waals surface area contributed by atoms with E-state index >= 15 is 0 Å². The van der Waals surface area contributed by atoms with E-state index in [1.807, 2.05) is 19.9 Å². The lowest BCUT2D eigenvalue weighted by Crippen LogP contribution is -2.30. The van der Waals surface area contributed by atoms with Crippen molar-refractivity contribution in [1.82, 2.24) is 5.32 Å². The van der Waals surface area contributed by atoms with Crippen LogP contribution in [0.15, 0.2) is 12.1 Å². The highest BCUT2D eigenvalue weighted by Gasteiger charge is 2.12. The van der Waals surface area contributed by atoms with E-state index in [1.54, 1.807) is 13.2 Å². The summed E-state index contributed by atoms with van der Waals surface area (Å²) in [6.07, 6.45) is -0.243. The molecule has 0 aliphatic heterocycles. The Bertz CT molecular complexity index is 480. The molecule has 2 N–H and O–H groups in total. The molecule has 0 radical (unpaired) electrons. The number of ether oxygens (including phenoxy) is 1. The van der Waals surface area contributed by atoms with E-state index in [-0.39, 0.29) is 12.3 Å². The third kappa shape index (κ3) is 5.19. The first-order valence-corrected chi connectivity index (χ1v) is 6.64. The van der Waals surface area contributed by atoms with Crippen LogP contribution in [0.4, 0.5) is 5.69 Å². The summed E-state index contributed by atoms with van der Waals surface area (Å²) in [5.74, 6) is -0.741. The second-order valence-corrected chi connectivity index (χ2v) is 4.91. The van der Waals surface area contributed by atoms with E-state index in [0.717, 1.165) is 11.1 Å². The minimum atomic E-state index is -0.395. The van der Waals surface area contributed by atoms with Gasteiger partial charge in [0.1, 0.15) is 6.42 Å². The number of hydrogen-bond acceptors (Lipinski definition) is 3. The minimum Gasteiger partial charge on any atom is -0.383 e. The second-order valence-electron chi connectivity index (χ2n) is 4.51. The smallest absolute Gasteiger partial charge is 0.233 e. The lowest BCUT2D eigenvalue weighted by Gasteiger charge is -2.11. The maximum atomic E-state index is 11.8. The van der Waals surface area contributed by atoms with E-state index in [4.69, 9.17) is 16.3 Å². The number of halogens is 1. The SMILES string of the molecule is COCCNC(=O)CC(=O)Nc1c(C)cc(C)cc1Cl. The number of carbonyl (C=O) groups is 2. The summed E-state index contributed by atoms with van der Waals surface area (Å²) in [7, 11) is 1.54. The van der Waals surface area contributed by atoms with E-state index < -0.39 is 5.91 Å². The zero-order valence-corrected chi connectivity index (χ0v) is 12.6. The molecule has 0 aromatic heterocycles. The zero-order valence-electron chi connectivity index (χ0n) is 11.9. The minimum absolute atomic E-state index is 0.243. The van der Waals surface area contributed by atoms with Crippen molar-refractivity contribution in [2.24, 2.45) is 0 Å². The highest BCUT2D eigenvalue weighted by atomic mass is 35.5. The first-order chi connectivity index (χ1) is 9.43. The van der Waals surface area contributed by atoms with Crippen LogP contribution >= 0.6 is 11.6 Å². The predicted octanol–water partition coefficient (Wildman–Crippen LogP) is 2.05. The van der Waals surface area contributed by atoms with Crippen molar-refractivity contribution in [3.8, 4) is 0 Å². The van der Waals surface area contributed by atoms with E-state index in [0.29, 0.717) is 23.9 Å². The lowest BCUT2D eigenvalue weighted by molar-refractivity contribution is -0.126. The molecule has 0 spiro atoms. The molecule has 1 aromatic carbocycles. The van der Waals surface area contributed by atoms with Crippen LogP contribution < -0.4 is 10.6 Å². The van der Waals surface area contributed by atoms with Crippen LogP contribution in [0.1, 0.15) is 17.5 Å². The standard InChI is InChI=1S/C14H19ClN2O3/c1-9-6-10(2)14(11(15)7-9)17-13(19)8-12(18)16-4-5-20-3/h6-7H,4-5,8H2,1-3H3,(H,16,18)(H,17,19). The van der Waals surface area contributed by atoms with Gasteiger partial charge in [-0.3, -0.25) is 9.59 Å². The molecule has 0 unspecified atom stereocenters. The highest BCUT2D eigenvalue weighted by Crippen LogP contribution is 2.27. The first kappa shape index (κ1) is 16.5. The van der Waals surface area contributed by atoms with Gasteiger partial charge in [-0.25, -0.2) is 0 Å². The van der Waals surface area contributed by atoms with Crippen LogP contribution in [-0.4, -0.2) is 32.1 Å². The van der Waals surface area contributed by atoms with Crippen LogP contribution in [0.5, 0.6) is 0 Å². The molecule has 2 amide bonds. The molecular formula is C14H19ClN2O3. The van der Waals surface area contributed by atoms with Crippen molar-refractivity contribution in [2.45, 2.75) is 20.3 Å². The van der Waals surface area contributed by atoms with Gasteiger partial charge in [-0.15, -0.1) is 0 Å². The summed E-state index contributed by atoms with van der Waals surface area (Å²) in [5.41, 5.74) is 2.43. The Labute approximate surface area is 123 Å². The Kier molecular flexibility index (Phi) is 6.48. The molecule has 1 aromatic rings. The molecule has 0 aliphatic carbocycles. The summed E-state index contributed by atoms with van der Waals surface area (Å²) in [5, 5.41) is 5.71. The third-order valence-electron chi connectivity index (χ3n) is 2.65. The molecule has 0 atom stereocenters. The first-order valence-electron chi connectivity index (χ1n) is 6.26. The Morgan fingerprint density at radius 1 is 1.25 bits per heavy atom. The number of aryl methyl sites for hydroxylation is 2. The van der Waals surface area contributed by atoms with Gasteiger partial charge in [0.05, 0.1) is 17.3 Å². The van der Waals surface area contributed by atoms with Crippen molar-refractivity contribution >= 4 is 29.1 Å². The van der Waals surface area contributed by atoms with Crippen molar-refractivity contribution < 1.29 is 14.3 Å². The van der Waals surface area contributed by atoms with E-state index in [9.17, 15) is 9.59 Å². The third-order valence-corrected chi connectivity index (χ3v) is 2.94. The molecule has 0 fully saturated rings. The van der Waals surface area contributed by atoms with Gasteiger partial charge in [0.25, 0.3) is 0 Å². The number of anilines is 1. The van der Waals surface area contributed by atoms with E-state index in [2.05, 4.69) is 10.6 Å². The van der Waals surface area contributed by atoms with Gasteiger partial charge < -0.3 is 15.4 Å². The van der Waals surface area contributed by atoms with Gasteiger partial charge in [-0.05, 0) is 31.0 Å². The van der Waals surface area contributed by atoms with Gasteiger partial charge in [0.2, 0.25) is 11.8 Å². The van der Waals surface area contributed by atoms with Crippen LogP contribution in [0, 0.1) is 13.8 Å².